The molecule has 1 amide bonds. The number of benzene rings is 2. The normalized spacial score (nSPS) is 21.1. The third-order valence-corrected chi connectivity index (χ3v) is 7.34. The number of nitrogens with zero attached hydrogens (tertiary/aromatic N) is 3. The summed E-state index contributed by atoms with van der Waals surface area (Å²) in [5.41, 5.74) is 2.23. The van der Waals surface area contributed by atoms with Crippen LogP contribution in [0, 0.1) is 5.82 Å². The number of carbonyl (C=O) groups is 1. The van der Waals surface area contributed by atoms with Crippen LogP contribution < -0.4 is 25.7 Å². The summed E-state index contributed by atoms with van der Waals surface area (Å²) >= 11 is 0. The van der Waals surface area contributed by atoms with Crippen LogP contribution in [0.1, 0.15) is 29.8 Å². The van der Waals surface area contributed by atoms with Crippen molar-refractivity contribution in [2.45, 2.75) is 38.7 Å². The number of aromatic nitrogens is 1. The molecule has 0 aliphatic carbocycles. The average Bonchev–Trinajstić information content (AvgIpc) is 3.25. The second kappa shape index (κ2) is 9.81. The summed E-state index contributed by atoms with van der Waals surface area (Å²) in [6.07, 6.45) is -4.28. The fourth-order valence-corrected chi connectivity index (χ4v) is 5.06. The van der Waals surface area contributed by atoms with E-state index in [0.717, 1.165) is 10.8 Å². The van der Waals surface area contributed by atoms with Crippen molar-refractivity contribution < 1.29 is 36.2 Å². The monoisotopic (exact) mass is 564 g/mol. The van der Waals surface area contributed by atoms with E-state index in [1.165, 1.54) is 30.3 Å². The molecular weight excluding hydrogens is 539 g/mol. The van der Waals surface area contributed by atoms with Gasteiger partial charge < -0.3 is 20.1 Å². The number of hydrogen-bond acceptors (Lipinski definition) is 6. The number of amides is 1. The highest BCUT2D eigenvalue weighted by Crippen LogP contribution is 2.41. The van der Waals surface area contributed by atoms with Gasteiger partial charge in [-0.25, -0.2) is 4.39 Å². The minimum atomic E-state index is -5.01. The van der Waals surface area contributed by atoms with Crippen molar-refractivity contribution in [3.63, 3.8) is 0 Å². The summed E-state index contributed by atoms with van der Waals surface area (Å²) < 4.78 is 80.8. The van der Waals surface area contributed by atoms with Gasteiger partial charge >= 0.3 is 12.7 Å². The fraction of sp³-hybridized carbons (Fsp3) is 0.333. The number of piperazine rings is 1. The lowest BCUT2D eigenvalue weighted by Crippen LogP contribution is -2.55. The first kappa shape index (κ1) is 27.4. The highest BCUT2D eigenvalue weighted by molar-refractivity contribution is 5.94. The van der Waals surface area contributed by atoms with Crippen molar-refractivity contribution in [2.75, 3.05) is 25.0 Å². The number of primary amides is 1. The van der Waals surface area contributed by atoms with Crippen LogP contribution in [0.15, 0.2) is 47.4 Å². The Hall–Kier alpha value is -4.13. The van der Waals surface area contributed by atoms with Crippen molar-refractivity contribution in [2.24, 2.45) is 5.73 Å². The highest BCUT2D eigenvalue weighted by Gasteiger charge is 2.37. The Bertz CT molecular complexity index is 1550. The molecule has 0 radical (unpaired) electrons. The molecule has 1 saturated heterocycles. The number of pyridine rings is 1. The second-order valence-electron chi connectivity index (χ2n) is 9.93. The largest absolute Gasteiger partial charge is 0.425 e. The first-order valence-corrected chi connectivity index (χ1v) is 12.3. The Balaban J connectivity index is 1.74. The number of carbonyl (C=O) groups excluding carboxylic acids is 1. The SMILES string of the molecule is C[C@@H]1CN(c2cc(F)c(-c3ccc4c(c3)OC(F)O4)cc2-n2cc(C(N)=O)c(C(F)(F)F)cc2=O)C[C@H](C)N1C. The van der Waals surface area contributed by atoms with E-state index in [4.69, 9.17) is 15.2 Å². The maximum atomic E-state index is 15.7. The second-order valence-corrected chi connectivity index (χ2v) is 9.93. The van der Waals surface area contributed by atoms with Crippen molar-refractivity contribution >= 4 is 11.6 Å². The Labute approximate surface area is 225 Å². The van der Waals surface area contributed by atoms with Gasteiger partial charge in [-0.3, -0.25) is 19.1 Å². The maximum absolute atomic E-state index is 15.7. The average molecular weight is 565 g/mol. The van der Waals surface area contributed by atoms with Crippen LogP contribution in [-0.2, 0) is 6.18 Å². The van der Waals surface area contributed by atoms with Crippen molar-refractivity contribution in [3.8, 4) is 28.3 Å². The molecule has 3 atom stereocenters. The van der Waals surface area contributed by atoms with Crippen molar-refractivity contribution in [1.82, 2.24) is 9.47 Å². The van der Waals surface area contributed by atoms with E-state index < -0.39 is 41.1 Å². The summed E-state index contributed by atoms with van der Waals surface area (Å²) in [5, 5.41) is 0. The topological polar surface area (TPSA) is 90.0 Å². The van der Waals surface area contributed by atoms with E-state index in [-0.39, 0.29) is 46.1 Å². The highest BCUT2D eigenvalue weighted by atomic mass is 19.4. The van der Waals surface area contributed by atoms with Crippen LogP contribution in [0.25, 0.3) is 16.8 Å². The number of anilines is 1. The molecule has 2 aliphatic heterocycles. The van der Waals surface area contributed by atoms with E-state index in [2.05, 4.69) is 4.90 Å². The quantitative estimate of drug-likeness (QED) is 0.475. The van der Waals surface area contributed by atoms with Gasteiger partial charge in [-0.1, -0.05) is 6.07 Å². The minimum absolute atomic E-state index is 0.0207. The van der Waals surface area contributed by atoms with Crippen LogP contribution in [0.4, 0.5) is 27.6 Å². The van der Waals surface area contributed by atoms with Gasteiger partial charge in [-0.15, -0.1) is 0 Å². The van der Waals surface area contributed by atoms with Crippen LogP contribution in [0.2, 0.25) is 0 Å². The molecule has 0 spiro atoms. The van der Waals surface area contributed by atoms with E-state index in [9.17, 15) is 27.2 Å². The molecule has 0 saturated carbocycles. The van der Waals surface area contributed by atoms with Gasteiger partial charge in [-0.05, 0) is 50.7 Å². The van der Waals surface area contributed by atoms with Crippen LogP contribution in [-0.4, -0.2) is 54.1 Å². The lowest BCUT2D eigenvalue weighted by atomic mass is 10.0. The summed E-state index contributed by atoms with van der Waals surface area (Å²) in [7, 11) is 1.94. The first-order valence-electron chi connectivity index (χ1n) is 12.3. The van der Waals surface area contributed by atoms with Gasteiger partial charge in [0.1, 0.15) is 5.82 Å². The molecular formula is C27H25F5N4O4. The molecule has 1 unspecified atom stereocenters. The summed E-state index contributed by atoms with van der Waals surface area (Å²) in [6, 6.07) is 7.00. The number of likely N-dealkylation sites (N-methyl/N-ethyl adjacent to an activating group) is 1. The lowest BCUT2D eigenvalue weighted by molar-refractivity contribution is -0.138. The zero-order chi connectivity index (χ0) is 29.1. The zero-order valence-electron chi connectivity index (χ0n) is 21.6. The third kappa shape index (κ3) is 4.85. The van der Waals surface area contributed by atoms with Crippen LogP contribution in [0.5, 0.6) is 11.5 Å². The molecule has 3 heterocycles. The van der Waals surface area contributed by atoms with E-state index in [0.29, 0.717) is 19.2 Å². The Kier molecular flexibility index (Phi) is 6.73. The summed E-state index contributed by atoms with van der Waals surface area (Å²) in [5.74, 6) is -1.95. The smallest absolute Gasteiger partial charge is 0.417 e. The Morgan fingerprint density at radius 3 is 2.27 bits per heavy atom. The lowest BCUT2D eigenvalue weighted by Gasteiger charge is -2.44. The summed E-state index contributed by atoms with van der Waals surface area (Å²) in [4.78, 5) is 29.1. The zero-order valence-corrected chi connectivity index (χ0v) is 21.6. The van der Waals surface area contributed by atoms with Gasteiger partial charge in [0.05, 0.1) is 22.5 Å². The molecule has 5 rings (SSSR count). The molecule has 2 aromatic carbocycles. The molecule has 40 heavy (non-hydrogen) atoms. The number of halogens is 5. The Morgan fingerprint density at radius 1 is 1.00 bits per heavy atom. The number of hydrogen-bond donors (Lipinski definition) is 1. The molecule has 2 aliphatic rings. The first-order chi connectivity index (χ1) is 18.7. The predicted octanol–water partition coefficient (Wildman–Crippen LogP) is 4.31. The minimum Gasteiger partial charge on any atom is -0.425 e. The maximum Gasteiger partial charge on any atom is 0.417 e. The van der Waals surface area contributed by atoms with Gasteiger partial charge in [0.2, 0.25) is 0 Å². The van der Waals surface area contributed by atoms with Crippen molar-refractivity contribution in [3.05, 3.63) is 69.9 Å². The molecule has 2 N–H and O–H groups in total. The van der Waals surface area contributed by atoms with Crippen LogP contribution in [0.3, 0.4) is 0 Å². The van der Waals surface area contributed by atoms with Crippen molar-refractivity contribution in [1.29, 1.82) is 0 Å². The fourth-order valence-electron chi connectivity index (χ4n) is 5.06. The standard InChI is InChI=1S/C27H25F5N4O4/c1-13-10-35(11-14(2)34(13)3)20-9-19(28)16(15-4-5-22-23(6-15)40-26(29)39-22)7-21(20)36-12-17(25(33)38)18(8-24(36)37)27(30,31)32/h4-9,12-14,26H,10-11H2,1-3H3,(H2,33,38)/t13-,14+,26?. The van der Waals surface area contributed by atoms with E-state index >= 15 is 4.39 Å². The number of nitrogens with two attached hydrogens (primary N) is 1. The Morgan fingerprint density at radius 2 is 1.65 bits per heavy atom. The molecule has 13 heteroatoms. The van der Waals surface area contributed by atoms with Gasteiger partial charge in [0, 0.05) is 43.0 Å². The number of alkyl halides is 4. The van der Waals surface area contributed by atoms with Gasteiger partial charge in [0.25, 0.3) is 11.5 Å². The molecule has 212 valence electrons. The number of rotatable bonds is 4. The molecule has 0 bridgehead atoms. The molecule has 3 aromatic rings. The van der Waals surface area contributed by atoms with E-state index in [1.54, 1.807) is 0 Å². The van der Waals surface area contributed by atoms with Gasteiger partial charge in [0.15, 0.2) is 11.5 Å². The number of ether oxygens (including phenoxy) is 2. The predicted molar refractivity (Wildman–Crippen MR) is 136 cm³/mol. The van der Waals surface area contributed by atoms with Gasteiger partial charge in [-0.2, -0.15) is 17.6 Å². The third-order valence-electron chi connectivity index (χ3n) is 7.34. The molecule has 1 aromatic heterocycles. The summed E-state index contributed by atoms with van der Waals surface area (Å²) in [6.45, 7) is 2.76. The molecule has 1 fully saturated rings. The van der Waals surface area contributed by atoms with Crippen LogP contribution >= 0.6 is 0 Å². The molecule has 8 nitrogen and oxygen atoms in total. The number of fused-ring (bicyclic) bond motifs is 1. The van der Waals surface area contributed by atoms with E-state index in [1.807, 2.05) is 25.8 Å².